The molecule has 1 N–H and O–H groups in total. The molecule has 4 nitrogen and oxygen atoms in total. The van der Waals surface area contributed by atoms with Crippen molar-refractivity contribution < 1.29 is 26.3 Å². The normalized spacial score (nSPS) is 17.3. The van der Waals surface area contributed by atoms with E-state index < -0.39 is 35.7 Å². The molecule has 3 aromatic rings. The number of hydrogen-bond donors (Lipinski definition) is 1. The lowest BCUT2D eigenvalue weighted by Crippen LogP contribution is -2.38. The molecule has 172 valence electrons. The Morgan fingerprint density at radius 1 is 1.06 bits per heavy atom. The molecule has 1 atom stereocenters. The van der Waals surface area contributed by atoms with Crippen molar-refractivity contribution in [1.29, 1.82) is 0 Å². The van der Waals surface area contributed by atoms with Crippen molar-refractivity contribution >= 4 is 32.8 Å². The van der Waals surface area contributed by atoms with Crippen LogP contribution < -0.4 is 4.90 Å². The van der Waals surface area contributed by atoms with Gasteiger partial charge >= 0.3 is 12.4 Å². The van der Waals surface area contributed by atoms with Gasteiger partial charge in [0.25, 0.3) is 0 Å². The standard InChI is InChI=1S/C21H19BrF6N4/c1-10(2)7-15-18-12(13-8-11(22)3-4-14(13)29-18)5-6-32(15)19-30-16(20(23,24)25)9-17(31-19)21(26,27)28/h3-4,8-10,15,29H,5-7H2,1-2H3/t15-/m0/s1. The van der Waals surface area contributed by atoms with Crippen LogP contribution in [-0.2, 0) is 18.8 Å². The smallest absolute Gasteiger partial charge is 0.356 e. The molecule has 1 aliphatic heterocycles. The van der Waals surface area contributed by atoms with E-state index in [9.17, 15) is 26.3 Å². The number of nitrogens with one attached hydrogen (secondary N) is 1. The zero-order valence-corrected chi connectivity index (χ0v) is 18.7. The first kappa shape index (κ1) is 22.9. The van der Waals surface area contributed by atoms with Gasteiger partial charge in [-0.05, 0) is 48.6 Å². The van der Waals surface area contributed by atoms with Crippen LogP contribution in [0.25, 0.3) is 10.9 Å². The summed E-state index contributed by atoms with van der Waals surface area (Å²) in [6.45, 7) is 4.09. The summed E-state index contributed by atoms with van der Waals surface area (Å²) in [7, 11) is 0. The summed E-state index contributed by atoms with van der Waals surface area (Å²) in [5.74, 6) is -0.442. The largest absolute Gasteiger partial charge is 0.433 e. The van der Waals surface area contributed by atoms with Gasteiger partial charge in [0, 0.05) is 27.6 Å². The van der Waals surface area contributed by atoms with Crippen LogP contribution in [0.15, 0.2) is 28.7 Å². The minimum absolute atomic E-state index is 0.0448. The van der Waals surface area contributed by atoms with Crippen LogP contribution >= 0.6 is 15.9 Å². The van der Waals surface area contributed by atoms with E-state index in [0.717, 1.165) is 26.6 Å². The topological polar surface area (TPSA) is 44.8 Å². The Morgan fingerprint density at radius 2 is 1.69 bits per heavy atom. The Balaban J connectivity index is 1.87. The zero-order valence-electron chi connectivity index (χ0n) is 17.1. The fourth-order valence-electron chi connectivity index (χ4n) is 4.12. The molecular weight excluding hydrogens is 502 g/mol. The zero-order chi connectivity index (χ0) is 23.4. The van der Waals surface area contributed by atoms with Gasteiger partial charge in [0.05, 0.1) is 6.04 Å². The number of rotatable bonds is 3. The van der Waals surface area contributed by atoms with Gasteiger partial charge in [0.1, 0.15) is 0 Å². The summed E-state index contributed by atoms with van der Waals surface area (Å²) in [6, 6.07) is 5.17. The number of hydrogen-bond acceptors (Lipinski definition) is 3. The highest BCUT2D eigenvalue weighted by Gasteiger charge is 2.41. The van der Waals surface area contributed by atoms with Gasteiger partial charge in [-0.1, -0.05) is 29.8 Å². The van der Waals surface area contributed by atoms with E-state index in [2.05, 4.69) is 30.9 Å². The minimum Gasteiger partial charge on any atom is -0.356 e. The van der Waals surface area contributed by atoms with Crippen molar-refractivity contribution in [2.45, 2.75) is 45.1 Å². The number of fused-ring (bicyclic) bond motifs is 3. The number of aromatic nitrogens is 3. The van der Waals surface area contributed by atoms with E-state index in [1.54, 1.807) is 0 Å². The number of anilines is 1. The summed E-state index contributed by atoms with van der Waals surface area (Å²) in [4.78, 5) is 11.8. The second kappa shape index (κ2) is 7.93. The van der Waals surface area contributed by atoms with Gasteiger partial charge in [-0.2, -0.15) is 26.3 Å². The third-order valence-electron chi connectivity index (χ3n) is 5.46. The molecule has 1 aromatic carbocycles. The van der Waals surface area contributed by atoms with Crippen molar-refractivity contribution in [3.05, 3.63) is 51.4 Å². The van der Waals surface area contributed by atoms with Gasteiger partial charge in [-0.15, -0.1) is 0 Å². The molecule has 0 aliphatic carbocycles. The van der Waals surface area contributed by atoms with Crippen LogP contribution in [-0.4, -0.2) is 21.5 Å². The molecule has 0 radical (unpaired) electrons. The van der Waals surface area contributed by atoms with Gasteiger partial charge in [0.15, 0.2) is 11.4 Å². The number of benzene rings is 1. The van der Waals surface area contributed by atoms with E-state index in [0.29, 0.717) is 12.8 Å². The van der Waals surface area contributed by atoms with Crippen molar-refractivity contribution in [3.63, 3.8) is 0 Å². The highest BCUT2D eigenvalue weighted by Crippen LogP contribution is 2.41. The molecule has 2 aromatic heterocycles. The summed E-state index contributed by atoms with van der Waals surface area (Å²) in [5.41, 5.74) is -0.581. The van der Waals surface area contributed by atoms with Crippen molar-refractivity contribution in [2.24, 2.45) is 5.92 Å². The number of halogens is 7. The average molecular weight is 521 g/mol. The lowest BCUT2D eigenvalue weighted by Gasteiger charge is -2.37. The third-order valence-corrected chi connectivity index (χ3v) is 5.95. The summed E-state index contributed by atoms with van der Waals surface area (Å²) < 4.78 is 80.9. The Morgan fingerprint density at radius 3 is 2.25 bits per heavy atom. The molecule has 1 aliphatic rings. The maximum Gasteiger partial charge on any atom is 0.433 e. The average Bonchev–Trinajstić information content (AvgIpc) is 3.04. The maximum atomic E-state index is 13.3. The molecule has 4 rings (SSSR count). The summed E-state index contributed by atoms with van der Waals surface area (Å²) in [5, 5.41) is 0.976. The lowest BCUT2D eigenvalue weighted by molar-refractivity contribution is -0.147. The maximum absolute atomic E-state index is 13.3. The fraction of sp³-hybridized carbons (Fsp3) is 0.429. The van der Waals surface area contributed by atoms with Crippen LogP contribution in [0, 0.1) is 5.92 Å². The number of nitrogens with zero attached hydrogens (tertiary/aromatic N) is 3. The first-order chi connectivity index (χ1) is 14.8. The number of aromatic amines is 1. The Kier molecular flexibility index (Phi) is 5.67. The van der Waals surface area contributed by atoms with Gasteiger partial charge in [-0.3, -0.25) is 0 Å². The number of alkyl halides is 6. The second-order valence-corrected chi connectivity index (χ2v) is 9.15. The number of H-pyrrole nitrogens is 1. The molecule has 3 heterocycles. The van der Waals surface area contributed by atoms with Crippen LogP contribution in [0.4, 0.5) is 32.3 Å². The monoisotopic (exact) mass is 520 g/mol. The Hall–Kier alpha value is -2.30. The molecule has 0 saturated carbocycles. The third kappa shape index (κ3) is 4.31. The van der Waals surface area contributed by atoms with Gasteiger partial charge < -0.3 is 9.88 Å². The molecule has 0 amide bonds. The first-order valence-electron chi connectivity index (χ1n) is 9.94. The molecule has 0 bridgehead atoms. The SMILES string of the molecule is CC(C)C[C@H]1c2[nH]c3ccc(Br)cc3c2CCN1c1nc(C(F)(F)F)cc(C(F)(F)F)n1. The minimum atomic E-state index is -5.03. The Labute approximate surface area is 188 Å². The predicted molar refractivity (Wildman–Crippen MR) is 111 cm³/mol. The van der Waals surface area contributed by atoms with Crippen LogP contribution in [0.3, 0.4) is 0 Å². The van der Waals surface area contributed by atoms with E-state index in [4.69, 9.17) is 0 Å². The van der Waals surface area contributed by atoms with Crippen LogP contribution in [0.1, 0.15) is 49.0 Å². The molecule has 32 heavy (non-hydrogen) atoms. The van der Waals surface area contributed by atoms with E-state index in [1.807, 2.05) is 32.0 Å². The summed E-state index contributed by atoms with van der Waals surface area (Å²) >= 11 is 3.44. The molecule has 0 spiro atoms. The van der Waals surface area contributed by atoms with Gasteiger partial charge in [0.2, 0.25) is 5.95 Å². The van der Waals surface area contributed by atoms with Crippen LogP contribution in [0.5, 0.6) is 0 Å². The quantitative estimate of drug-likeness (QED) is 0.381. The predicted octanol–water partition coefficient (Wildman–Crippen LogP) is 6.91. The second-order valence-electron chi connectivity index (χ2n) is 8.23. The highest BCUT2D eigenvalue weighted by atomic mass is 79.9. The van der Waals surface area contributed by atoms with E-state index >= 15 is 0 Å². The Bertz CT molecular complexity index is 1120. The van der Waals surface area contributed by atoms with E-state index in [1.165, 1.54) is 4.90 Å². The van der Waals surface area contributed by atoms with Crippen LogP contribution in [0.2, 0.25) is 0 Å². The molecule has 0 saturated heterocycles. The molecule has 11 heteroatoms. The van der Waals surface area contributed by atoms with Crippen molar-refractivity contribution in [3.8, 4) is 0 Å². The van der Waals surface area contributed by atoms with Crippen molar-refractivity contribution in [1.82, 2.24) is 15.0 Å². The highest BCUT2D eigenvalue weighted by molar-refractivity contribution is 9.10. The molecule has 0 unspecified atom stereocenters. The lowest BCUT2D eigenvalue weighted by atomic mass is 9.92. The van der Waals surface area contributed by atoms with E-state index in [-0.39, 0.29) is 18.5 Å². The fourth-order valence-corrected chi connectivity index (χ4v) is 4.48. The first-order valence-corrected chi connectivity index (χ1v) is 10.7. The van der Waals surface area contributed by atoms with Gasteiger partial charge in [-0.25, -0.2) is 9.97 Å². The van der Waals surface area contributed by atoms with Crippen molar-refractivity contribution in [2.75, 3.05) is 11.4 Å². The summed E-state index contributed by atoms with van der Waals surface area (Å²) in [6.07, 6.45) is -9.12. The molecular formula is C21H19BrF6N4. The molecule has 0 fully saturated rings.